The van der Waals surface area contributed by atoms with Crippen molar-refractivity contribution in [2.75, 3.05) is 6.54 Å². The maximum atomic E-state index is 14.1. The van der Waals surface area contributed by atoms with Crippen molar-refractivity contribution in [3.8, 4) is 0 Å². The maximum absolute atomic E-state index is 14.1. The van der Waals surface area contributed by atoms with E-state index in [4.69, 9.17) is 17.3 Å². The van der Waals surface area contributed by atoms with Crippen LogP contribution in [0.3, 0.4) is 0 Å². The molecule has 1 aliphatic carbocycles. The summed E-state index contributed by atoms with van der Waals surface area (Å²) in [6.07, 6.45) is 5.46. The average Bonchev–Trinajstić information content (AvgIpc) is 2.50. The van der Waals surface area contributed by atoms with Crippen molar-refractivity contribution in [1.29, 1.82) is 0 Å². The lowest BCUT2D eigenvalue weighted by molar-refractivity contribution is 0.121. The predicted molar refractivity (Wildman–Crippen MR) is 91.5 cm³/mol. The molecule has 0 bridgehead atoms. The van der Waals surface area contributed by atoms with Crippen LogP contribution in [0.4, 0.5) is 4.39 Å². The second kappa shape index (κ2) is 8.28. The van der Waals surface area contributed by atoms with Crippen LogP contribution < -0.4 is 5.73 Å². The smallest absolute Gasteiger partial charge is 0.129 e. The first-order valence-electron chi connectivity index (χ1n) is 8.43. The van der Waals surface area contributed by atoms with E-state index in [2.05, 4.69) is 18.7 Å². The highest BCUT2D eigenvalue weighted by Crippen LogP contribution is 2.28. The van der Waals surface area contributed by atoms with E-state index in [1.54, 1.807) is 12.1 Å². The molecule has 2 N–H and O–H groups in total. The normalized spacial score (nSPS) is 23.7. The molecule has 1 atom stereocenters. The summed E-state index contributed by atoms with van der Waals surface area (Å²) in [4.78, 5) is 2.42. The minimum atomic E-state index is -0.200. The second-order valence-corrected chi connectivity index (χ2v) is 7.12. The summed E-state index contributed by atoms with van der Waals surface area (Å²) in [7, 11) is 0. The van der Waals surface area contributed by atoms with Crippen LogP contribution in [-0.2, 0) is 6.54 Å². The summed E-state index contributed by atoms with van der Waals surface area (Å²) in [6.45, 7) is 6.04. The topological polar surface area (TPSA) is 29.3 Å². The molecule has 22 heavy (non-hydrogen) atoms. The quantitative estimate of drug-likeness (QED) is 0.828. The molecule has 0 aromatic heterocycles. The summed E-state index contributed by atoms with van der Waals surface area (Å²) >= 11 is 6.22. The maximum Gasteiger partial charge on any atom is 0.129 e. The zero-order chi connectivity index (χ0) is 16.1. The Hall–Kier alpha value is -0.640. The molecule has 1 aromatic carbocycles. The predicted octanol–water partition coefficient (Wildman–Crippen LogP) is 4.60. The van der Waals surface area contributed by atoms with Crippen molar-refractivity contribution in [3.63, 3.8) is 0 Å². The van der Waals surface area contributed by atoms with Crippen LogP contribution in [0.5, 0.6) is 0 Å². The number of nitrogens with two attached hydrogens (primary N) is 1. The fourth-order valence-electron chi connectivity index (χ4n) is 3.23. The molecule has 1 aliphatic rings. The molecule has 4 heteroatoms. The lowest BCUT2D eigenvalue weighted by Crippen LogP contribution is -2.42. The Labute approximate surface area is 138 Å². The first-order chi connectivity index (χ1) is 10.5. The van der Waals surface area contributed by atoms with Gasteiger partial charge in [-0.1, -0.05) is 37.9 Å². The molecule has 0 aliphatic heterocycles. The molecule has 0 radical (unpaired) electrons. The Morgan fingerprint density at radius 2 is 2.00 bits per heavy atom. The Morgan fingerprint density at radius 3 is 2.59 bits per heavy atom. The van der Waals surface area contributed by atoms with E-state index in [1.165, 1.54) is 6.07 Å². The minimum absolute atomic E-state index is 0.200. The Balaban J connectivity index is 2.13. The lowest BCUT2D eigenvalue weighted by atomic mass is 9.89. The third kappa shape index (κ3) is 4.68. The van der Waals surface area contributed by atoms with Crippen molar-refractivity contribution >= 4 is 11.6 Å². The third-order valence-corrected chi connectivity index (χ3v) is 5.28. The summed E-state index contributed by atoms with van der Waals surface area (Å²) in [5, 5.41) is 0.529. The molecule has 0 saturated heterocycles. The van der Waals surface area contributed by atoms with Crippen LogP contribution in [0.15, 0.2) is 18.2 Å². The van der Waals surface area contributed by atoms with Crippen LogP contribution in [0, 0.1) is 11.7 Å². The van der Waals surface area contributed by atoms with E-state index in [0.29, 0.717) is 35.1 Å². The molecule has 1 saturated carbocycles. The molecular weight excluding hydrogens is 299 g/mol. The highest BCUT2D eigenvalue weighted by Gasteiger charge is 2.26. The molecular formula is C18H28ClFN2. The van der Waals surface area contributed by atoms with Gasteiger partial charge in [0.1, 0.15) is 5.82 Å². The lowest BCUT2D eigenvalue weighted by Gasteiger charge is -2.37. The van der Waals surface area contributed by atoms with Gasteiger partial charge in [0.2, 0.25) is 0 Å². The molecule has 1 fully saturated rings. The fraction of sp³-hybridized carbons (Fsp3) is 0.667. The zero-order valence-electron chi connectivity index (χ0n) is 13.7. The van der Waals surface area contributed by atoms with Crippen LogP contribution >= 0.6 is 11.6 Å². The van der Waals surface area contributed by atoms with Crippen molar-refractivity contribution in [3.05, 3.63) is 34.6 Å². The monoisotopic (exact) mass is 326 g/mol. The molecule has 2 nitrogen and oxygen atoms in total. The number of benzene rings is 1. The minimum Gasteiger partial charge on any atom is -0.328 e. The largest absolute Gasteiger partial charge is 0.328 e. The van der Waals surface area contributed by atoms with Gasteiger partial charge < -0.3 is 5.73 Å². The van der Waals surface area contributed by atoms with Gasteiger partial charge in [0.05, 0.1) is 0 Å². The van der Waals surface area contributed by atoms with Gasteiger partial charge in [-0.05, 0) is 43.7 Å². The molecule has 1 unspecified atom stereocenters. The average molecular weight is 327 g/mol. The van der Waals surface area contributed by atoms with Crippen LogP contribution in [-0.4, -0.2) is 23.5 Å². The Kier molecular flexibility index (Phi) is 6.66. The highest BCUT2D eigenvalue weighted by atomic mass is 35.5. The molecule has 2 rings (SSSR count). The molecule has 0 spiro atoms. The number of halogens is 2. The Morgan fingerprint density at radius 1 is 1.32 bits per heavy atom. The van der Waals surface area contributed by atoms with E-state index in [0.717, 1.165) is 38.6 Å². The number of rotatable bonds is 6. The van der Waals surface area contributed by atoms with Gasteiger partial charge >= 0.3 is 0 Å². The van der Waals surface area contributed by atoms with Crippen molar-refractivity contribution in [2.45, 2.75) is 64.6 Å². The summed E-state index contributed by atoms with van der Waals surface area (Å²) in [5.74, 6) is 0.398. The van der Waals surface area contributed by atoms with Gasteiger partial charge in [-0.25, -0.2) is 4.39 Å². The fourth-order valence-corrected chi connectivity index (χ4v) is 3.45. The van der Waals surface area contributed by atoms with Gasteiger partial charge in [-0.3, -0.25) is 4.90 Å². The van der Waals surface area contributed by atoms with Gasteiger partial charge in [0.25, 0.3) is 0 Å². The number of nitrogens with zero attached hydrogens (tertiary/aromatic N) is 1. The SMILES string of the molecule is CCC(C)CN(Cc1c(F)cccc1Cl)C1CCC(N)CC1. The zero-order valence-corrected chi connectivity index (χ0v) is 14.5. The summed E-state index contributed by atoms with van der Waals surface area (Å²) in [5.41, 5.74) is 6.65. The van der Waals surface area contributed by atoms with Crippen LogP contribution in [0.2, 0.25) is 5.02 Å². The van der Waals surface area contributed by atoms with Gasteiger partial charge in [-0.15, -0.1) is 0 Å². The van der Waals surface area contributed by atoms with Gasteiger partial charge in [0.15, 0.2) is 0 Å². The number of hydrogen-bond donors (Lipinski definition) is 1. The third-order valence-electron chi connectivity index (χ3n) is 4.92. The molecule has 124 valence electrons. The number of hydrogen-bond acceptors (Lipinski definition) is 2. The molecule has 1 aromatic rings. The first kappa shape index (κ1) is 17.7. The van der Waals surface area contributed by atoms with Crippen molar-refractivity contribution in [1.82, 2.24) is 4.90 Å². The van der Waals surface area contributed by atoms with Crippen LogP contribution in [0.1, 0.15) is 51.5 Å². The second-order valence-electron chi connectivity index (χ2n) is 6.71. The molecule has 0 amide bonds. The standard InChI is InChI=1S/C18H28ClFN2/c1-3-13(2)11-22(15-9-7-14(21)8-10-15)12-16-17(19)5-4-6-18(16)20/h4-6,13-15H,3,7-12,21H2,1-2H3. The van der Waals surface area contributed by atoms with Gasteiger partial charge in [0, 0.05) is 35.8 Å². The van der Waals surface area contributed by atoms with E-state index in [-0.39, 0.29) is 5.82 Å². The van der Waals surface area contributed by atoms with Crippen molar-refractivity contribution in [2.24, 2.45) is 11.7 Å². The van der Waals surface area contributed by atoms with E-state index in [1.807, 2.05) is 0 Å². The summed E-state index contributed by atoms with van der Waals surface area (Å²) in [6, 6.07) is 5.76. The highest BCUT2D eigenvalue weighted by molar-refractivity contribution is 6.31. The van der Waals surface area contributed by atoms with E-state index in [9.17, 15) is 4.39 Å². The first-order valence-corrected chi connectivity index (χ1v) is 8.81. The Bertz CT molecular complexity index is 452. The van der Waals surface area contributed by atoms with Crippen molar-refractivity contribution < 1.29 is 4.39 Å². The summed E-state index contributed by atoms with van der Waals surface area (Å²) < 4.78 is 14.1. The van der Waals surface area contributed by atoms with E-state index >= 15 is 0 Å². The van der Waals surface area contributed by atoms with E-state index < -0.39 is 0 Å². The van der Waals surface area contributed by atoms with Crippen LogP contribution in [0.25, 0.3) is 0 Å². The van der Waals surface area contributed by atoms with Gasteiger partial charge in [-0.2, -0.15) is 0 Å². The molecule has 0 heterocycles.